The van der Waals surface area contributed by atoms with Gasteiger partial charge in [-0.2, -0.15) is 0 Å². The first-order chi connectivity index (χ1) is 10.5. The predicted molar refractivity (Wildman–Crippen MR) is 88.2 cm³/mol. The standard InChI is InChI=1S/C15H21ClN2O4S/c1-14(2,3)22-13(19)18-15(9-17)8-12(15)23(20,21)11-6-4-10(16)5-7-11/h4-7,12H,8-9,17H2,1-3H3,(H,18,19)/t12-,15+/m1/s1. The number of halogens is 1. The summed E-state index contributed by atoms with van der Waals surface area (Å²) in [5.41, 5.74) is 4.06. The number of nitrogens with two attached hydrogens (primary N) is 1. The number of hydrogen-bond donors (Lipinski definition) is 2. The van der Waals surface area contributed by atoms with Gasteiger partial charge in [-0.05, 0) is 51.5 Å². The molecule has 1 aromatic rings. The molecule has 0 aromatic heterocycles. The van der Waals surface area contributed by atoms with Crippen LogP contribution in [0.2, 0.25) is 5.02 Å². The summed E-state index contributed by atoms with van der Waals surface area (Å²) in [5.74, 6) is 0. The van der Waals surface area contributed by atoms with Crippen LogP contribution in [0, 0.1) is 0 Å². The molecule has 128 valence electrons. The summed E-state index contributed by atoms with van der Waals surface area (Å²) >= 11 is 5.78. The van der Waals surface area contributed by atoms with Gasteiger partial charge >= 0.3 is 6.09 Å². The Balaban J connectivity index is 2.16. The molecule has 0 heterocycles. The summed E-state index contributed by atoms with van der Waals surface area (Å²) in [6.07, 6.45) is -0.412. The monoisotopic (exact) mass is 360 g/mol. The maximum atomic E-state index is 12.7. The molecular formula is C15H21ClN2O4S. The predicted octanol–water partition coefficient (Wildman–Crippen LogP) is 2.11. The number of rotatable bonds is 4. The van der Waals surface area contributed by atoms with Crippen LogP contribution in [0.4, 0.5) is 4.79 Å². The van der Waals surface area contributed by atoms with E-state index in [1.807, 2.05) is 0 Å². The van der Waals surface area contributed by atoms with Gasteiger partial charge < -0.3 is 15.8 Å². The van der Waals surface area contributed by atoms with Crippen molar-refractivity contribution in [3.8, 4) is 0 Å². The zero-order valence-corrected chi connectivity index (χ0v) is 14.9. The van der Waals surface area contributed by atoms with Gasteiger partial charge in [-0.3, -0.25) is 0 Å². The fourth-order valence-corrected chi connectivity index (χ4v) is 4.61. The van der Waals surface area contributed by atoms with Gasteiger partial charge in [0.15, 0.2) is 9.84 Å². The van der Waals surface area contributed by atoms with Crippen LogP contribution in [0.1, 0.15) is 27.2 Å². The quantitative estimate of drug-likeness (QED) is 0.856. The van der Waals surface area contributed by atoms with Gasteiger partial charge in [0.1, 0.15) is 5.60 Å². The van der Waals surface area contributed by atoms with Crippen molar-refractivity contribution in [2.24, 2.45) is 5.73 Å². The molecule has 1 fully saturated rings. The highest BCUT2D eigenvalue weighted by Crippen LogP contribution is 2.44. The van der Waals surface area contributed by atoms with E-state index in [1.54, 1.807) is 20.8 Å². The number of carbonyl (C=O) groups is 1. The Kier molecular flexibility index (Phi) is 4.67. The van der Waals surface area contributed by atoms with Crippen LogP contribution >= 0.6 is 11.6 Å². The van der Waals surface area contributed by atoms with Gasteiger partial charge in [0, 0.05) is 11.6 Å². The molecule has 1 aliphatic carbocycles. The molecule has 23 heavy (non-hydrogen) atoms. The Labute approximate surface area is 141 Å². The first-order valence-corrected chi connectivity index (χ1v) is 9.13. The van der Waals surface area contributed by atoms with Crippen molar-refractivity contribution in [3.63, 3.8) is 0 Å². The molecule has 6 nitrogen and oxygen atoms in total. The van der Waals surface area contributed by atoms with Crippen molar-refractivity contribution >= 4 is 27.5 Å². The summed E-state index contributed by atoms with van der Waals surface area (Å²) in [6.45, 7) is 5.22. The van der Waals surface area contributed by atoms with Crippen LogP contribution in [-0.2, 0) is 14.6 Å². The highest BCUT2D eigenvalue weighted by molar-refractivity contribution is 7.92. The normalized spacial score (nSPS) is 24.1. The third-order valence-electron chi connectivity index (χ3n) is 3.64. The fraction of sp³-hybridized carbons (Fsp3) is 0.533. The lowest BCUT2D eigenvalue weighted by atomic mass is 10.2. The molecule has 1 aromatic carbocycles. The van der Waals surface area contributed by atoms with Crippen molar-refractivity contribution in [3.05, 3.63) is 29.3 Å². The molecule has 1 amide bonds. The van der Waals surface area contributed by atoms with E-state index in [2.05, 4.69) is 5.32 Å². The molecule has 0 aliphatic heterocycles. The van der Waals surface area contributed by atoms with E-state index >= 15 is 0 Å². The Bertz CT molecular complexity index is 697. The van der Waals surface area contributed by atoms with E-state index in [9.17, 15) is 13.2 Å². The second-order valence-electron chi connectivity index (χ2n) is 6.68. The van der Waals surface area contributed by atoms with E-state index in [1.165, 1.54) is 24.3 Å². The van der Waals surface area contributed by atoms with Crippen molar-refractivity contribution in [1.29, 1.82) is 0 Å². The van der Waals surface area contributed by atoms with Gasteiger partial charge in [0.05, 0.1) is 15.7 Å². The van der Waals surface area contributed by atoms with E-state index in [4.69, 9.17) is 22.1 Å². The zero-order valence-electron chi connectivity index (χ0n) is 13.3. The SMILES string of the molecule is CC(C)(C)OC(=O)N[C@]1(CN)C[C@H]1S(=O)(=O)c1ccc(Cl)cc1. The second kappa shape index (κ2) is 5.96. The maximum Gasteiger partial charge on any atom is 0.408 e. The summed E-state index contributed by atoms with van der Waals surface area (Å²) < 4.78 is 30.5. The molecular weight excluding hydrogens is 340 g/mol. The van der Waals surface area contributed by atoms with Crippen molar-refractivity contribution in [1.82, 2.24) is 5.32 Å². The summed E-state index contributed by atoms with van der Waals surface area (Å²) in [4.78, 5) is 12.1. The number of ether oxygens (including phenoxy) is 1. The highest BCUT2D eigenvalue weighted by Gasteiger charge is 2.62. The number of alkyl carbamates (subject to hydrolysis) is 1. The lowest BCUT2D eigenvalue weighted by Crippen LogP contribution is -2.48. The van der Waals surface area contributed by atoms with Gasteiger partial charge in [-0.25, -0.2) is 13.2 Å². The van der Waals surface area contributed by atoms with Crippen LogP contribution in [0.5, 0.6) is 0 Å². The van der Waals surface area contributed by atoms with Gasteiger partial charge in [-0.15, -0.1) is 0 Å². The zero-order chi connectivity index (χ0) is 17.5. The lowest BCUT2D eigenvalue weighted by Gasteiger charge is -2.23. The molecule has 2 rings (SSSR count). The van der Waals surface area contributed by atoms with Crippen molar-refractivity contribution in [2.45, 2.75) is 48.5 Å². The van der Waals surface area contributed by atoms with Crippen LogP contribution in [0.3, 0.4) is 0 Å². The van der Waals surface area contributed by atoms with Crippen molar-refractivity contribution in [2.75, 3.05) is 6.54 Å². The van der Waals surface area contributed by atoms with Crippen LogP contribution < -0.4 is 11.1 Å². The molecule has 1 aliphatic rings. The average Bonchev–Trinajstić information content (AvgIpc) is 3.12. The Morgan fingerprint density at radius 1 is 1.39 bits per heavy atom. The van der Waals surface area contributed by atoms with E-state index < -0.39 is 32.3 Å². The third-order valence-corrected chi connectivity index (χ3v) is 6.18. The molecule has 0 unspecified atom stereocenters. The van der Waals surface area contributed by atoms with Gasteiger partial charge in [0.2, 0.25) is 0 Å². The van der Waals surface area contributed by atoms with Crippen LogP contribution in [0.25, 0.3) is 0 Å². The minimum atomic E-state index is -3.60. The smallest absolute Gasteiger partial charge is 0.408 e. The molecule has 8 heteroatoms. The van der Waals surface area contributed by atoms with E-state index in [0.29, 0.717) is 5.02 Å². The lowest BCUT2D eigenvalue weighted by molar-refractivity contribution is 0.0499. The topological polar surface area (TPSA) is 98.5 Å². The minimum absolute atomic E-state index is 0.0176. The summed E-state index contributed by atoms with van der Waals surface area (Å²) in [5, 5.41) is 2.31. The largest absolute Gasteiger partial charge is 0.444 e. The maximum absolute atomic E-state index is 12.7. The number of amides is 1. The Hall–Kier alpha value is -1.31. The highest BCUT2D eigenvalue weighted by atomic mass is 35.5. The van der Waals surface area contributed by atoms with E-state index in [-0.39, 0.29) is 17.9 Å². The molecule has 0 radical (unpaired) electrons. The van der Waals surface area contributed by atoms with Gasteiger partial charge in [0.25, 0.3) is 0 Å². The number of nitrogens with one attached hydrogen (secondary N) is 1. The van der Waals surface area contributed by atoms with Crippen LogP contribution in [-0.4, -0.2) is 37.4 Å². The summed E-state index contributed by atoms with van der Waals surface area (Å²) in [7, 11) is -3.60. The van der Waals surface area contributed by atoms with Crippen LogP contribution in [0.15, 0.2) is 29.2 Å². The average molecular weight is 361 g/mol. The molecule has 3 N–H and O–H groups in total. The minimum Gasteiger partial charge on any atom is -0.444 e. The Morgan fingerprint density at radius 3 is 2.43 bits per heavy atom. The molecule has 0 spiro atoms. The molecule has 0 bridgehead atoms. The van der Waals surface area contributed by atoms with Crippen molar-refractivity contribution < 1.29 is 17.9 Å². The molecule has 2 atom stereocenters. The Morgan fingerprint density at radius 2 is 1.96 bits per heavy atom. The number of carbonyl (C=O) groups excluding carboxylic acids is 1. The van der Waals surface area contributed by atoms with Gasteiger partial charge in [-0.1, -0.05) is 11.6 Å². The third kappa shape index (κ3) is 3.97. The number of benzene rings is 1. The first-order valence-electron chi connectivity index (χ1n) is 7.21. The summed E-state index contributed by atoms with van der Waals surface area (Å²) in [6, 6.07) is 5.93. The molecule has 0 saturated heterocycles. The molecule has 1 saturated carbocycles. The second-order valence-corrected chi connectivity index (χ2v) is 9.25. The number of sulfone groups is 1. The number of hydrogen-bond acceptors (Lipinski definition) is 5. The van der Waals surface area contributed by atoms with E-state index in [0.717, 1.165) is 0 Å². The first kappa shape index (κ1) is 18.0. The fourth-order valence-electron chi connectivity index (χ4n) is 2.37.